The quantitative estimate of drug-likeness (QED) is 0.561. The average molecular weight is 260 g/mol. The molecule has 19 heavy (non-hydrogen) atoms. The van der Waals surface area contributed by atoms with Crippen LogP contribution >= 0.6 is 0 Å². The zero-order valence-corrected chi connectivity index (χ0v) is 11.9. The van der Waals surface area contributed by atoms with E-state index in [0.29, 0.717) is 31.2 Å². The lowest BCUT2D eigenvalue weighted by Crippen LogP contribution is -2.09. The summed E-state index contributed by atoms with van der Waals surface area (Å²) in [5, 5.41) is 0. The fraction of sp³-hybridized carbons (Fsp3) is 1.00. The number of methoxy groups -OCH3 is 2. The summed E-state index contributed by atoms with van der Waals surface area (Å²) < 4.78 is 9.98. The van der Waals surface area contributed by atoms with Crippen LogP contribution in [0.5, 0.6) is 0 Å². The van der Waals surface area contributed by atoms with E-state index < -0.39 is 0 Å². The molecule has 0 amide bonds. The van der Waals surface area contributed by atoms with Crippen LogP contribution in [0.2, 0.25) is 25.3 Å². The summed E-state index contributed by atoms with van der Waals surface area (Å²) in [5.74, 6) is 0.444. The van der Waals surface area contributed by atoms with E-state index in [2.05, 4.69) is 0 Å². The predicted octanol–water partition coefficient (Wildman–Crippen LogP) is 2.40. The molecule has 1 atom stereocenters. The van der Waals surface area contributed by atoms with Crippen molar-refractivity contribution >= 4 is 31.4 Å². The average Bonchev–Trinajstić information content (AvgIpc) is 2.39. The monoisotopic (exact) mass is 260 g/mol. The summed E-state index contributed by atoms with van der Waals surface area (Å²) in [6, 6.07) is 0. The molecule has 0 aromatic rings. The molecule has 0 fully saturated rings. The lowest BCUT2D eigenvalue weighted by molar-refractivity contribution is 0.0967. The van der Waals surface area contributed by atoms with Gasteiger partial charge in [-0.15, -0.1) is 0 Å². The van der Waals surface area contributed by atoms with Gasteiger partial charge in [0, 0.05) is 20.8 Å². The number of ether oxygens (including phenoxy) is 2. The molecule has 0 aliphatic rings. The smallest absolute Gasteiger partial charge is 0.0657 e. The minimum atomic E-state index is 0. The van der Waals surface area contributed by atoms with Crippen molar-refractivity contribution in [1.29, 1.82) is 0 Å². The number of hydrogen-bond acceptors (Lipinski definition) is 2. The van der Waals surface area contributed by atoms with Gasteiger partial charge >= 0.3 is 0 Å². The largest absolute Gasteiger partial charge is 0.384 e. The van der Waals surface area contributed by atoms with E-state index in [1.165, 1.54) is 0 Å². The Kier molecular flexibility index (Phi) is 26.1. The molecule has 0 saturated heterocycles. The van der Waals surface area contributed by atoms with Crippen LogP contribution in [0.4, 0.5) is 0 Å². The second-order valence-electron chi connectivity index (χ2n) is 4.15. The molecule has 0 rings (SSSR count). The van der Waals surface area contributed by atoms with Gasteiger partial charge in [0.15, 0.2) is 0 Å². The summed E-state index contributed by atoms with van der Waals surface area (Å²) in [5.41, 5.74) is 0. The Balaban J connectivity index is -0.000000256. The third-order valence-electron chi connectivity index (χ3n) is 2.62. The summed E-state index contributed by atoms with van der Waals surface area (Å²) in [6.07, 6.45) is 5.78. The van der Waals surface area contributed by atoms with Crippen LogP contribution in [0.3, 0.4) is 0 Å². The van der Waals surface area contributed by atoms with Crippen LogP contribution < -0.4 is 0 Å². The van der Waals surface area contributed by atoms with E-state index >= 15 is 0 Å². The van der Waals surface area contributed by atoms with Gasteiger partial charge in [0.25, 0.3) is 0 Å². The normalized spacial score (nSPS) is 11.3. The Morgan fingerprint density at radius 3 is 1.58 bits per heavy atom. The van der Waals surface area contributed by atoms with Crippen molar-refractivity contribution in [2.24, 2.45) is 5.92 Å². The third-order valence-corrected chi connectivity index (χ3v) is 2.62. The molecular weight excluding hydrogens is 231 g/mol. The minimum Gasteiger partial charge on any atom is -0.384 e. The van der Waals surface area contributed by atoms with Gasteiger partial charge < -0.3 is 9.47 Å². The first kappa shape index (κ1) is 24.2. The Morgan fingerprint density at radius 2 is 1.32 bits per heavy atom. The van der Waals surface area contributed by atoms with Crippen molar-refractivity contribution < 1.29 is 9.47 Å². The van der Waals surface area contributed by atoms with E-state index in [1.54, 1.807) is 14.2 Å². The standard InChI is InChI=1S/2C6H12B2O.CH4/c1-9-6(2-4-7)3-5-8;1-9-5-6(4-8)2-3-7;/h2*6H,2-5H2,1H3;1H4. The van der Waals surface area contributed by atoms with Crippen LogP contribution in [-0.2, 0) is 9.47 Å². The van der Waals surface area contributed by atoms with Crippen molar-refractivity contribution in [2.45, 2.75) is 58.1 Å². The maximum atomic E-state index is 5.41. The van der Waals surface area contributed by atoms with Crippen molar-refractivity contribution in [2.75, 3.05) is 20.8 Å². The fourth-order valence-electron chi connectivity index (χ4n) is 1.49. The first-order valence-electron chi connectivity index (χ1n) is 6.52. The SMILES string of the molecule is C.[B]CCC(CC[B])OC.[B]CCC(C[B])COC. The first-order valence-corrected chi connectivity index (χ1v) is 6.52. The highest BCUT2D eigenvalue weighted by molar-refractivity contribution is 6.09. The third kappa shape index (κ3) is 18.2. The highest BCUT2D eigenvalue weighted by Gasteiger charge is 2.02. The topological polar surface area (TPSA) is 18.5 Å². The molecule has 104 valence electrons. The Hall–Kier alpha value is 0.180. The van der Waals surface area contributed by atoms with E-state index in [9.17, 15) is 0 Å². The van der Waals surface area contributed by atoms with Gasteiger partial charge in [0.1, 0.15) is 0 Å². The second kappa shape index (κ2) is 20.5. The molecule has 0 aromatic heterocycles. The summed E-state index contributed by atoms with van der Waals surface area (Å²) in [7, 11) is 24.7. The van der Waals surface area contributed by atoms with Gasteiger partial charge in [-0.25, -0.2) is 0 Å². The fourth-order valence-corrected chi connectivity index (χ4v) is 1.49. The Bertz CT molecular complexity index is 123. The van der Waals surface area contributed by atoms with Crippen LogP contribution in [0, 0.1) is 5.92 Å². The molecule has 1 unspecified atom stereocenters. The highest BCUT2D eigenvalue weighted by atomic mass is 16.5. The number of rotatable bonds is 10. The van der Waals surface area contributed by atoms with Crippen LogP contribution in [0.1, 0.15) is 26.7 Å². The van der Waals surface area contributed by atoms with Crippen molar-refractivity contribution in [3.05, 3.63) is 0 Å². The van der Waals surface area contributed by atoms with Crippen LogP contribution in [-0.4, -0.2) is 58.3 Å². The number of hydrogen-bond donors (Lipinski definition) is 0. The van der Waals surface area contributed by atoms with Gasteiger partial charge in [-0.05, 0) is 18.8 Å². The van der Waals surface area contributed by atoms with Gasteiger partial charge in [-0.3, -0.25) is 0 Å². The molecule has 0 aromatic carbocycles. The summed E-state index contributed by atoms with van der Waals surface area (Å²) >= 11 is 0. The van der Waals surface area contributed by atoms with E-state index in [4.69, 9.17) is 40.9 Å². The van der Waals surface area contributed by atoms with E-state index in [-0.39, 0.29) is 13.5 Å². The summed E-state index contributed by atoms with van der Waals surface area (Å²) in [6.45, 7) is 0.730. The lowest BCUT2D eigenvalue weighted by Gasteiger charge is -2.11. The molecule has 6 heteroatoms. The minimum absolute atomic E-state index is 0. The molecule has 0 aliphatic carbocycles. The van der Waals surface area contributed by atoms with Crippen LogP contribution in [0.25, 0.3) is 0 Å². The zero-order chi connectivity index (χ0) is 14.2. The predicted molar refractivity (Wildman–Crippen MR) is 89.0 cm³/mol. The molecular formula is C13H28B4O2. The van der Waals surface area contributed by atoms with Crippen molar-refractivity contribution in [1.82, 2.24) is 0 Å². The maximum Gasteiger partial charge on any atom is 0.0657 e. The molecule has 0 saturated carbocycles. The molecule has 0 bridgehead atoms. The second-order valence-corrected chi connectivity index (χ2v) is 4.15. The molecule has 0 spiro atoms. The Morgan fingerprint density at radius 1 is 0.842 bits per heavy atom. The zero-order valence-electron chi connectivity index (χ0n) is 11.9. The van der Waals surface area contributed by atoms with Gasteiger partial charge in [0.05, 0.1) is 37.5 Å². The molecule has 2 nitrogen and oxygen atoms in total. The summed E-state index contributed by atoms with van der Waals surface area (Å²) in [4.78, 5) is 0. The van der Waals surface area contributed by atoms with Gasteiger partial charge in [-0.1, -0.05) is 39.1 Å². The first-order chi connectivity index (χ1) is 8.69. The molecule has 0 heterocycles. The van der Waals surface area contributed by atoms with Crippen molar-refractivity contribution in [3.8, 4) is 0 Å². The Labute approximate surface area is 126 Å². The van der Waals surface area contributed by atoms with E-state index in [0.717, 1.165) is 25.9 Å². The molecule has 8 radical (unpaired) electrons. The molecule has 0 aliphatic heterocycles. The lowest BCUT2D eigenvalue weighted by atomic mass is 9.85. The van der Waals surface area contributed by atoms with E-state index in [1.807, 2.05) is 0 Å². The van der Waals surface area contributed by atoms with Crippen molar-refractivity contribution in [3.63, 3.8) is 0 Å². The van der Waals surface area contributed by atoms with Crippen LogP contribution in [0.15, 0.2) is 0 Å². The molecule has 0 N–H and O–H groups in total. The maximum absolute atomic E-state index is 5.41. The van der Waals surface area contributed by atoms with Gasteiger partial charge in [0.2, 0.25) is 0 Å². The van der Waals surface area contributed by atoms with Gasteiger partial charge in [-0.2, -0.15) is 0 Å². The highest BCUT2D eigenvalue weighted by Crippen LogP contribution is 2.08.